The number of ether oxygens (including phenoxy) is 1. The Bertz CT molecular complexity index is 694. The van der Waals surface area contributed by atoms with Crippen molar-refractivity contribution in [3.8, 4) is 0 Å². The number of halogens is 1. The van der Waals surface area contributed by atoms with Crippen LogP contribution in [0.3, 0.4) is 0 Å². The molecule has 3 N–H and O–H groups in total. The lowest BCUT2D eigenvalue weighted by atomic mass is 9.95. The maximum Gasteiger partial charge on any atom is 0.189 e. The van der Waals surface area contributed by atoms with E-state index in [-0.39, 0.29) is 17.1 Å². The van der Waals surface area contributed by atoms with Crippen LogP contribution in [0.2, 0.25) is 5.02 Å². The summed E-state index contributed by atoms with van der Waals surface area (Å²) < 4.78 is 5.90. The zero-order valence-electron chi connectivity index (χ0n) is 14.0. The number of rotatable bonds is 4. The molecule has 2 unspecified atom stereocenters. The van der Waals surface area contributed by atoms with Crippen LogP contribution in [0.4, 0.5) is 5.69 Å². The predicted molar refractivity (Wildman–Crippen MR) is 102 cm³/mol. The van der Waals surface area contributed by atoms with Gasteiger partial charge in [0, 0.05) is 33.4 Å². The fourth-order valence-electron chi connectivity index (χ4n) is 2.28. The van der Waals surface area contributed by atoms with Crippen molar-refractivity contribution in [2.45, 2.75) is 32.5 Å². The molecular weight excluding hydrogens is 342 g/mol. The number of nitrogens with one attached hydrogen (secondary N) is 3. The van der Waals surface area contributed by atoms with Crippen molar-refractivity contribution in [3.63, 3.8) is 0 Å². The Morgan fingerprint density at radius 3 is 2.79 bits per heavy atom. The Labute approximate surface area is 152 Å². The van der Waals surface area contributed by atoms with Gasteiger partial charge in [0.2, 0.25) is 0 Å². The molecule has 4 nitrogen and oxygen atoms in total. The molecule has 24 heavy (non-hydrogen) atoms. The minimum atomic E-state index is -0.110. The number of benzene rings is 1. The molecule has 0 saturated carbocycles. The third-order valence-corrected chi connectivity index (χ3v) is 4.81. The molecule has 3 rings (SSSR count). The molecule has 0 saturated heterocycles. The van der Waals surface area contributed by atoms with Crippen LogP contribution in [0.5, 0.6) is 0 Å². The first-order valence-corrected chi connectivity index (χ1v) is 9.12. The normalized spacial score (nSPS) is 23.3. The molecule has 0 amide bonds. The van der Waals surface area contributed by atoms with E-state index in [0.717, 1.165) is 21.4 Å². The predicted octanol–water partition coefficient (Wildman–Crippen LogP) is 4.60. The minimum absolute atomic E-state index is 0.0183. The van der Waals surface area contributed by atoms with Gasteiger partial charge in [-0.05, 0) is 30.4 Å². The molecule has 2 aliphatic rings. The first-order chi connectivity index (χ1) is 11.4. The highest BCUT2D eigenvalue weighted by Crippen LogP contribution is 2.31. The van der Waals surface area contributed by atoms with Crippen LogP contribution in [0, 0.1) is 5.41 Å². The van der Waals surface area contributed by atoms with E-state index in [1.807, 2.05) is 42.7 Å². The van der Waals surface area contributed by atoms with Crippen LogP contribution in [-0.4, -0.2) is 11.7 Å². The van der Waals surface area contributed by atoms with E-state index in [4.69, 9.17) is 16.3 Å². The second kappa shape index (κ2) is 7.03. The van der Waals surface area contributed by atoms with Crippen molar-refractivity contribution >= 4 is 29.1 Å². The van der Waals surface area contributed by atoms with Gasteiger partial charge < -0.3 is 20.7 Å². The minimum Gasteiger partial charge on any atom is -0.469 e. The summed E-state index contributed by atoms with van der Waals surface area (Å²) in [6, 6.07) is 7.70. The SMILES string of the molecule is CC(C)(C)C1=CNC(/C=C/C2=CNC(Nc3cccc(Cl)c3)S2)O1. The van der Waals surface area contributed by atoms with Crippen molar-refractivity contribution in [2.75, 3.05) is 5.32 Å². The highest BCUT2D eigenvalue weighted by Gasteiger charge is 2.25. The summed E-state index contributed by atoms with van der Waals surface area (Å²) in [6.07, 6.45) is 7.93. The van der Waals surface area contributed by atoms with Crippen LogP contribution < -0.4 is 16.0 Å². The van der Waals surface area contributed by atoms with E-state index in [9.17, 15) is 0 Å². The van der Waals surface area contributed by atoms with Crippen LogP contribution in [-0.2, 0) is 4.74 Å². The molecule has 2 aliphatic heterocycles. The Balaban J connectivity index is 1.48. The van der Waals surface area contributed by atoms with Crippen molar-refractivity contribution in [1.82, 2.24) is 10.6 Å². The smallest absolute Gasteiger partial charge is 0.189 e. The Morgan fingerprint density at radius 2 is 2.08 bits per heavy atom. The number of hydrogen-bond acceptors (Lipinski definition) is 5. The van der Waals surface area contributed by atoms with Gasteiger partial charge in [-0.15, -0.1) is 0 Å². The van der Waals surface area contributed by atoms with E-state index in [1.165, 1.54) is 0 Å². The Hall–Kier alpha value is -1.72. The molecular formula is C18H22ClN3OS. The van der Waals surface area contributed by atoms with Gasteiger partial charge in [-0.25, -0.2) is 0 Å². The first-order valence-electron chi connectivity index (χ1n) is 7.87. The molecule has 6 heteroatoms. The molecule has 0 aromatic heterocycles. The third-order valence-electron chi connectivity index (χ3n) is 3.56. The lowest BCUT2D eigenvalue weighted by Gasteiger charge is -2.20. The van der Waals surface area contributed by atoms with Crippen molar-refractivity contribution < 1.29 is 4.74 Å². The molecule has 1 aromatic rings. The van der Waals surface area contributed by atoms with E-state index < -0.39 is 0 Å². The quantitative estimate of drug-likeness (QED) is 0.729. The summed E-state index contributed by atoms with van der Waals surface area (Å²) in [5, 5.41) is 10.7. The molecule has 1 aromatic carbocycles. The Kier molecular flexibility index (Phi) is 5.01. The lowest BCUT2D eigenvalue weighted by molar-refractivity contribution is 0.123. The number of thioether (sulfide) groups is 1. The van der Waals surface area contributed by atoms with Gasteiger partial charge in [0.15, 0.2) is 6.23 Å². The maximum absolute atomic E-state index is 6.01. The molecule has 0 spiro atoms. The van der Waals surface area contributed by atoms with Gasteiger partial charge in [0.1, 0.15) is 11.3 Å². The van der Waals surface area contributed by atoms with E-state index in [0.29, 0.717) is 0 Å². The fourth-order valence-corrected chi connectivity index (χ4v) is 3.37. The summed E-state index contributed by atoms with van der Waals surface area (Å²) in [5.41, 5.74) is 1.10. The van der Waals surface area contributed by atoms with Gasteiger partial charge in [-0.3, -0.25) is 0 Å². The van der Waals surface area contributed by atoms with Gasteiger partial charge in [0.05, 0.1) is 0 Å². The average Bonchev–Trinajstić information content (AvgIpc) is 3.13. The summed E-state index contributed by atoms with van der Waals surface area (Å²) in [7, 11) is 0. The molecule has 0 fully saturated rings. The van der Waals surface area contributed by atoms with Crippen molar-refractivity contribution in [2.24, 2.45) is 5.41 Å². The number of allylic oxidation sites excluding steroid dienone is 2. The van der Waals surface area contributed by atoms with Gasteiger partial charge in [-0.2, -0.15) is 0 Å². The zero-order chi connectivity index (χ0) is 17.2. The van der Waals surface area contributed by atoms with Gasteiger partial charge in [-0.1, -0.05) is 50.2 Å². The molecule has 2 heterocycles. The van der Waals surface area contributed by atoms with Crippen molar-refractivity contribution in [1.29, 1.82) is 0 Å². The monoisotopic (exact) mass is 363 g/mol. The third kappa shape index (κ3) is 4.42. The van der Waals surface area contributed by atoms with Crippen LogP contribution in [0.15, 0.2) is 59.5 Å². The topological polar surface area (TPSA) is 45.3 Å². The summed E-state index contributed by atoms with van der Waals surface area (Å²) in [5.74, 6) is 0.976. The molecule has 128 valence electrons. The second-order valence-electron chi connectivity index (χ2n) is 6.69. The number of hydrogen-bond donors (Lipinski definition) is 3. The highest BCUT2D eigenvalue weighted by atomic mass is 35.5. The molecule has 0 bridgehead atoms. The molecule has 0 aliphatic carbocycles. The summed E-state index contributed by atoms with van der Waals surface area (Å²) in [4.78, 5) is 1.14. The van der Waals surface area contributed by atoms with Crippen LogP contribution in [0.25, 0.3) is 0 Å². The van der Waals surface area contributed by atoms with E-state index in [2.05, 4.69) is 42.8 Å². The van der Waals surface area contributed by atoms with Crippen LogP contribution in [0.1, 0.15) is 20.8 Å². The van der Waals surface area contributed by atoms with E-state index in [1.54, 1.807) is 11.8 Å². The van der Waals surface area contributed by atoms with Crippen molar-refractivity contribution in [3.05, 3.63) is 64.5 Å². The standard InChI is InChI=1S/C18H22ClN3OS/c1-18(2,3)15-11-20-16(23-15)8-7-14-10-21-17(24-14)22-13-6-4-5-12(19)9-13/h4-11,16-17,20-22H,1-3H3/b8-7+. The van der Waals surface area contributed by atoms with Crippen LogP contribution >= 0.6 is 23.4 Å². The molecule has 2 atom stereocenters. The van der Waals surface area contributed by atoms with Gasteiger partial charge in [0.25, 0.3) is 0 Å². The lowest BCUT2D eigenvalue weighted by Crippen LogP contribution is -2.25. The van der Waals surface area contributed by atoms with E-state index >= 15 is 0 Å². The summed E-state index contributed by atoms with van der Waals surface area (Å²) >= 11 is 7.72. The maximum atomic E-state index is 6.01. The second-order valence-corrected chi connectivity index (χ2v) is 8.30. The number of anilines is 1. The Morgan fingerprint density at radius 1 is 1.25 bits per heavy atom. The molecule has 0 radical (unpaired) electrons. The van der Waals surface area contributed by atoms with Gasteiger partial charge >= 0.3 is 0 Å². The average molecular weight is 364 g/mol. The zero-order valence-corrected chi connectivity index (χ0v) is 15.5. The first kappa shape index (κ1) is 17.1. The fraction of sp³-hybridized carbons (Fsp3) is 0.333. The summed E-state index contributed by atoms with van der Waals surface area (Å²) in [6.45, 7) is 6.41. The highest BCUT2D eigenvalue weighted by molar-refractivity contribution is 8.04. The largest absolute Gasteiger partial charge is 0.469 e.